The topological polar surface area (TPSA) is 126 Å². The SMILES string of the molecule is Cc1[nH]nc2cc(OCCNC[C@H](O)c3cccc(NS(=O)(=O)c4cccc(OC(F)F)c4)c3)ccc12. The Balaban J connectivity index is 1.28. The number of hydrogen-bond acceptors (Lipinski definition) is 7. The molecule has 1 heterocycles. The summed E-state index contributed by atoms with van der Waals surface area (Å²) in [5.74, 6) is 0.418. The molecule has 4 aromatic rings. The van der Waals surface area contributed by atoms with Crippen molar-refractivity contribution < 1.29 is 31.8 Å². The Hall–Kier alpha value is -3.74. The van der Waals surface area contributed by atoms with E-state index in [2.05, 4.69) is 25.0 Å². The van der Waals surface area contributed by atoms with E-state index >= 15 is 0 Å². The first-order valence-electron chi connectivity index (χ1n) is 11.4. The Labute approximate surface area is 212 Å². The molecule has 0 aliphatic heterocycles. The number of aliphatic hydroxyl groups excluding tert-OH is 1. The van der Waals surface area contributed by atoms with E-state index in [0.29, 0.717) is 24.5 Å². The fraction of sp³-hybridized carbons (Fsp3) is 0.240. The zero-order valence-electron chi connectivity index (χ0n) is 19.8. The number of anilines is 1. The monoisotopic (exact) mass is 532 g/mol. The van der Waals surface area contributed by atoms with Gasteiger partial charge in [-0.05, 0) is 48.9 Å². The summed E-state index contributed by atoms with van der Waals surface area (Å²) in [5, 5.41) is 21.8. The minimum absolute atomic E-state index is 0.212. The molecule has 0 spiro atoms. The Morgan fingerprint density at radius 1 is 1.05 bits per heavy atom. The van der Waals surface area contributed by atoms with Gasteiger partial charge in [-0.15, -0.1) is 0 Å². The molecule has 4 N–H and O–H groups in total. The van der Waals surface area contributed by atoms with Crippen LogP contribution in [-0.4, -0.2) is 50.0 Å². The number of halogens is 2. The second-order valence-electron chi connectivity index (χ2n) is 8.18. The van der Waals surface area contributed by atoms with Crippen molar-refractivity contribution in [3.05, 3.63) is 78.0 Å². The van der Waals surface area contributed by atoms with Crippen molar-refractivity contribution in [2.24, 2.45) is 0 Å². The summed E-state index contributed by atoms with van der Waals surface area (Å²) in [6.45, 7) is -0.0686. The molecule has 0 bridgehead atoms. The molecule has 0 saturated carbocycles. The number of H-pyrrole nitrogens is 1. The molecular weight excluding hydrogens is 506 g/mol. The van der Waals surface area contributed by atoms with E-state index in [0.717, 1.165) is 22.7 Å². The molecule has 0 aliphatic carbocycles. The van der Waals surface area contributed by atoms with Crippen LogP contribution in [-0.2, 0) is 10.0 Å². The van der Waals surface area contributed by atoms with Gasteiger partial charge in [0.1, 0.15) is 18.1 Å². The van der Waals surface area contributed by atoms with E-state index in [1.807, 2.05) is 25.1 Å². The number of benzene rings is 3. The van der Waals surface area contributed by atoms with Crippen molar-refractivity contribution in [2.45, 2.75) is 24.5 Å². The Morgan fingerprint density at radius 2 is 1.86 bits per heavy atom. The summed E-state index contributed by atoms with van der Waals surface area (Å²) in [6.07, 6.45) is -0.907. The summed E-state index contributed by atoms with van der Waals surface area (Å²) in [4.78, 5) is -0.236. The minimum Gasteiger partial charge on any atom is -0.492 e. The molecule has 0 fully saturated rings. The average Bonchev–Trinajstić information content (AvgIpc) is 3.23. The minimum atomic E-state index is -4.07. The second-order valence-corrected chi connectivity index (χ2v) is 9.86. The lowest BCUT2D eigenvalue weighted by Gasteiger charge is -2.15. The number of ether oxygens (including phenoxy) is 2. The Kier molecular flexibility index (Phi) is 8.21. The molecule has 1 aromatic heterocycles. The maximum atomic E-state index is 12.7. The van der Waals surface area contributed by atoms with Crippen LogP contribution in [0.5, 0.6) is 11.5 Å². The summed E-state index contributed by atoms with van der Waals surface area (Å²) in [6, 6.07) is 16.8. The molecule has 0 radical (unpaired) electrons. The number of alkyl halides is 2. The quantitative estimate of drug-likeness (QED) is 0.203. The summed E-state index contributed by atoms with van der Waals surface area (Å²) >= 11 is 0. The number of aromatic amines is 1. The van der Waals surface area contributed by atoms with Gasteiger partial charge < -0.3 is 19.9 Å². The van der Waals surface area contributed by atoms with Crippen LogP contribution in [0.2, 0.25) is 0 Å². The van der Waals surface area contributed by atoms with Gasteiger partial charge in [0.05, 0.1) is 16.5 Å². The molecule has 196 valence electrons. The van der Waals surface area contributed by atoms with E-state index in [4.69, 9.17) is 4.74 Å². The fourth-order valence-electron chi connectivity index (χ4n) is 3.65. The van der Waals surface area contributed by atoms with Crippen LogP contribution in [0.25, 0.3) is 10.9 Å². The third-order valence-corrected chi connectivity index (χ3v) is 6.85. The molecule has 1 atom stereocenters. The molecule has 4 rings (SSSR count). The van der Waals surface area contributed by atoms with Gasteiger partial charge in [0.2, 0.25) is 0 Å². The first-order valence-corrected chi connectivity index (χ1v) is 12.8. The van der Waals surface area contributed by atoms with Crippen LogP contribution < -0.4 is 19.5 Å². The van der Waals surface area contributed by atoms with Gasteiger partial charge in [-0.1, -0.05) is 18.2 Å². The van der Waals surface area contributed by atoms with E-state index in [1.165, 1.54) is 30.3 Å². The first-order chi connectivity index (χ1) is 17.7. The van der Waals surface area contributed by atoms with E-state index in [9.17, 15) is 22.3 Å². The summed E-state index contributed by atoms with van der Waals surface area (Å²) in [7, 11) is -4.07. The number of sulfonamides is 1. The fourth-order valence-corrected chi connectivity index (χ4v) is 4.74. The number of hydrogen-bond donors (Lipinski definition) is 4. The van der Waals surface area contributed by atoms with Crippen molar-refractivity contribution in [3.8, 4) is 11.5 Å². The van der Waals surface area contributed by atoms with Crippen LogP contribution >= 0.6 is 0 Å². The molecule has 37 heavy (non-hydrogen) atoms. The smallest absolute Gasteiger partial charge is 0.387 e. The van der Waals surface area contributed by atoms with E-state index in [-0.39, 0.29) is 22.9 Å². The van der Waals surface area contributed by atoms with Gasteiger partial charge in [0.15, 0.2) is 0 Å². The largest absolute Gasteiger partial charge is 0.492 e. The zero-order chi connectivity index (χ0) is 26.4. The van der Waals surface area contributed by atoms with Crippen molar-refractivity contribution in [1.29, 1.82) is 0 Å². The lowest BCUT2D eigenvalue weighted by atomic mass is 10.1. The van der Waals surface area contributed by atoms with Crippen molar-refractivity contribution in [3.63, 3.8) is 0 Å². The average molecular weight is 533 g/mol. The van der Waals surface area contributed by atoms with Crippen LogP contribution in [0.1, 0.15) is 17.4 Å². The Morgan fingerprint density at radius 3 is 2.68 bits per heavy atom. The third kappa shape index (κ3) is 6.94. The number of fused-ring (bicyclic) bond motifs is 1. The highest BCUT2D eigenvalue weighted by Crippen LogP contribution is 2.24. The second kappa shape index (κ2) is 11.5. The van der Waals surface area contributed by atoms with Gasteiger partial charge in [-0.25, -0.2) is 8.42 Å². The molecule has 9 nitrogen and oxygen atoms in total. The number of rotatable bonds is 12. The van der Waals surface area contributed by atoms with Crippen LogP contribution in [0.4, 0.5) is 14.5 Å². The molecule has 0 amide bonds. The predicted octanol–water partition coefficient (Wildman–Crippen LogP) is 3.98. The van der Waals surface area contributed by atoms with Gasteiger partial charge in [-0.2, -0.15) is 13.9 Å². The van der Waals surface area contributed by atoms with Crippen LogP contribution in [0.15, 0.2) is 71.6 Å². The summed E-state index contributed by atoms with van der Waals surface area (Å²) in [5.41, 5.74) is 2.51. The van der Waals surface area contributed by atoms with Gasteiger partial charge in [0.25, 0.3) is 10.0 Å². The van der Waals surface area contributed by atoms with Gasteiger partial charge >= 0.3 is 6.61 Å². The molecule has 0 unspecified atom stereocenters. The molecule has 12 heteroatoms. The molecule has 0 saturated heterocycles. The highest BCUT2D eigenvalue weighted by molar-refractivity contribution is 7.92. The normalized spacial score (nSPS) is 12.6. The molecular formula is C25H26F2N4O5S. The van der Waals surface area contributed by atoms with Crippen molar-refractivity contribution in [2.75, 3.05) is 24.4 Å². The van der Waals surface area contributed by atoms with Crippen molar-refractivity contribution in [1.82, 2.24) is 15.5 Å². The zero-order valence-corrected chi connectivity index (χ0v) is 20.6. The highest BCUT2D eigenvalue weighted by atomic mass is 32.2. The van der Waals surface area contributed by atoms with Gasteiger partial charge in [-0.3, -0.25) is 9.82 Å². The van der Waals surface area contributed by atoms with Crippen molar-refractivity contribution >= 4 is 26.6 Å². The van der Waals surface area contributed by atoms with Crippen LogP contribution in [0.3, 0.4) is 0 Å². The molecule has 3 aromatic carbocycles. The number of aryl methyl sites for hydroxylation is 1. The standard InChI is InChI=1S/C25H26F2N4O5S/c1-16-22-9-8-19(14-23(22)30-29-16)35-11-10-28-15-24(32)17-4-2-5-18(12-17)31-37(33,34)21-7-3-6-20(13-21)36-25(26)27/h2-9,12-14,24-25,28,31-32H,10-11,15H2,1H3,(H,29,30)/t24-/m0/s1. The predicted molar refractivity (Wildman–Crippen MR) is 134 cm³/mol. The van der Waals surface area contributed by atoms with E-state index in [1.54, 1.807) is 12.1 Å². The third-order valence-electron chi connectivity index (χ3n) is 5.47. The number of nitrogens with zero attached hydrogens (tertiary/aromatic N) is 1. The van der Waals surface area contributed by atoms with Crippen LogP contribution in [0, 0.1) is 6.92 Å². The maximum Gasteiger partial charge on any atom is 0.387 e. The van der Waals surface area contributed by atoms with Gasteiger partial charge in [0, 0.05) is 42.0 Å². The molecule has 0 aliphatic rings. The number of aliphatic hydroxyl groups is 1. The first kappa shape index (κ1) is 26.3. The lowest BCUT2D eigenvalue weighted by molar-refractivity contribution is -0.0499. The number of aromatic nitrogens is 2. The summed E-state index contributed by atoms with van der Waals surface area (Å²) < 4.78 is 62.7. The Bertz CT molecular complexity index is 1460. The lowest BCUT2D eigenvalue weighted by Crippen LogP contribution is -2.26. The maximum absolute atomic E-state index is 12.7. The number of nitrogens with one attached hydrogen (secondary N) is 3. The highest BCUT2D eigenvalue weighted by Gasteiger charge is 2.17. The van der Waals surface area contributed by atoms with E-state index < -0.39 is 22.7 Å².